The molecule has 27 heavy (non-hydrogen) atoms. The number of carbonyl (C=O) groups is 2. The lowest BCUT2D eigenvalue weighted by atomic mass is 9.85. The first-order valence-corrected chi connectivity index (χ1v) is 10.0. The van der Waals surface area contributed by atoms with E-state index in [2.05, 4.69) is 31.0 Å². The third kappa shape index (κ3) is 8.14. The predicted octanol–water partition coefficient (Wildman–Crippen LogP) is 1.87. The van der Waals surface area contributed by atoms with Crippen LogP contribution in [0.4, 0.5) is 0 Å². The Kier molecular flexibility index (Phi) is 13.3. The number of likely N-dealkylation sites (N-methyl/N-ethyl adjacent to an activating group) is 1. The van der Waals surface area contributed by atoms with Crippen LogP contribution < -0.4 is 5.32 Å². The minimum Gasteiger partial charge on any atom is -0.339 e. The summed E-state index contributed by atoms with van der Waals surface area (Å²) in [6, 6.07) is 0. The van der Waals surface area contributed by atoms with E-state index in [1.54, 1.807) is 0 Å². The Labute approximate surface area is 177 Å². The highest BCUT2D eigenvalue weighted by molar-refractivity contribution is 5.85. The second-order valence-corrected chi connectivity index (χ2v) is 7.51. The average molecular weight is 425 g/mol. The summed E-state index contributed by atoms with van der Waals surface area (Å²) in [5, 5.41) is 3.44. The van der Waals surface area contributed by atoms with Crippen LogP contribution in [0.15, 0.2) is 0 Å². The molecule has 0 saturated carbocycles. The van der Waals surface area contributed by atoms with E-state index in [9.17, 15) is 9.59 Å². The van der Waals surface area contributed by atoms with Crippen LogP contribution in [0, 0.1) is 11.8 Å². The van der Waals surface area contributed by atoms with Crippen molar-refractivity contribution in [3.63, 3.8) is 0 Å². The van der Waals surface area contributed by atoms with Gasteiger partial charge in [0.25, 0.3) is 0 Å². The topological polar surface area (TPSA) is 55.9 Å². The van der Waals surface area contributed by atoms with Crippen molar-refractivity contribution in [1.82, 2.24) is 20.0 Å². The SMILES string of the molecule is CCN(CC)CC(=O)N1CCN(C(=O)CC(C)C2CCCNC2)CC1.Cl.Cl. The van der Waals surface area contributed by atoms with Crippen LogP contribution in [0.5, 0.6) is 0 Å². The van der Waals surface area contributed by atoms with Gasteiger partial charge in [-0.25, -0.2) is 0 Å². The summed E-state index contributed by atoms with van der Waals surface area (Å²) in [5.74, 6) is 1.50. The molecule has 2 fully saturated rings. The van der Waals surface area contributed by atoms with Crippen molar-refractivity contribution >= 4 is 36.6 Å². The normalized spacial score (nSPS) is 21.3. The van der Waals surface area contributed by atoms with E-state index in [1.807, 2.05) is 9.80 Å². The van der Waals surface area contributed by atoms with Crippen LogP contribution in [0.3, 0.4) is 0 Å². The van der Waals surface area contributed by atoms with E-state index in [4.69, 9.17) is 0 Å². The Morgan fingerprint density at radius 1 is 1.04 bits per heavy atom. The van der Waals surface area contributed by atoms with E-state index in [0.29, 0.717) is 51.0 Å². The summed E-state index contributed by atoms with van der Waals surface area (Å²) in [7, 11) is 0. The number of nitrogens with one attached hydrogen (secondary N) is 1. The standard InChI is InChI=1S/C19H36N4O2.2ClH/c1-4-21(5-2)15-19(25)23-11-9-22(10-12-23)18(24)13-16(3)17-7-6-8-20-14-17;;/h16-17,20H,4-15H2,1-3H3;2*1H. The summed E-state index contributed by atoms with van der Waals surface area (Å²) in [5.41, 5.74) is 0. The first-order chi connectivity index (χ1) is 12.0. The van der Waals surface area contributed by atoms with Crippen LogP contribution in [0.1, 0.15) is 40.0 Å². The van der Waals surface area contributed by atoms with E-state index in [1.165, 1.54) is 12.8 Å². The summed E-state index contributed by atoms with van der Waals surface area (Å²) < 4.78 is 0. The fourth-order valence-electron chi connectivity index (χ4n) is 3.88. The molecule has 160 valence electrons. The predicted molar refractivity (Wildman–Crippen MR) is 115 cm³/mol. The molecule has 0 aliphatic carbocycles. The Balaban J connectivity index is 0.00000338. The van der Waals surface area contributed by atoms with Crippen molar-refractivity contribution in [2.24, 2.45) is 11.8 Å². The zero-order chi connectivity index (χ0) is 18.2. The number of carbonyl (C=O) groups excluding carboxylic acids is 2. The average Bonchev–Trinajstić information content (AvgIpc) is 2.66. The largest absolute Gasteiger partial charge is 0.339 e. The van der Waals surface area contributed by atoms with Crippen molar-refractivity contribution in [2.45, 2.75) is 40.0 Å². The van der Waals surface area contributed by atoms with Gasteiger partial charge >= 0.3 is 0 Å². The molecule has 0 radical (unpaired) electrons. The molecule has 2 unspecified atom stereocenters. The molecule has 2 heterocycles. The molecular weight excluding hydrogens is 387 g/mol. The Morgan fingerprint density at radius 2 is 1.59 bits per heavy atom. The van der Waals surface area contributed by atoms with Crippen LogP contribution in [-0.4, -0.2) is 85.4 Å². The highest BCUT2D eigenvalue weighted by Crippen LogP contribution is 2.23. The van der Waals surface area contributed by atoms with Gasteiger partial charge in [0.05, 0.1) is 6.54 Å². The molecule has 0 spiro atoms. The fraction of sp³-hybridized carbons (Fsp3) is 0.895. The molecule has 8 heteroatoms. The summed E-state index contributed by atoms with van der Waals surface area (Å²) in [6.45, 7) is 13.5. The van der Waals surface area contributed by atoms with E-state index in [-0.39, 0.29) is 36.6 Å². The highest BCUT2D eigenvalue weighted by atomic mass is 35.5. The van der Waals surface area contributed by atoms with Crippen LogP contribution in [0.2, 0.25) is 0 Å². The number of rotatable bonds is 7. The van der Waals surface area contributed by atoms with Gasteiger partial charge in [0.15, 0.2) is 0 Å². The van der Waals surface area contributed by atoms with Gasteiger partial charge in [0.1, 0.15) is 0 Å². The minimum atomic E-state index is 0. The minimum absolute atomic E-state index is 0. The molecule has 0 aromatic heterocycles. The summed E-state index contributed by atoms with van der Waals surface area (Å²) in [6.07, 6.45) is 3.09. The second kappa shape index (κ2) is 13.6. The van der Waals surface area contributed by atoms with Gasteiger partial charge in [-0.2, -0.15) is 0 Å². The Bertz CT molecular complexity index is 435. The van der Waals surface area contributed by atoms with Gasteiger partial charge < -0.3 is 15.1 Å². The molecule has 0 bridgehead atoms. The van der Waals surface area contributed by atoms with Gasteiger partial charge in [-0.15, -0.1) is 24.8 Å². The first kappa shape index (κ1) is 26.4. The molecule has 2 amide bonds. The number of nitrogens with zero attached hydrogens (tertiary/aromatic N) is 3. The number of hydrogen-bond donors (Lipinski definition) is 1. The zero-order valence-corrected chi connectivity index (χ0v) is 18.7. The number of piperidine rings is 1. The second-order valence-electron chi connectivity index (χ2n) is 7.51. The molecule has 1 N–H and O–H groups in total. The van der Waals surface area contributed by atoms with Crippen molar-refractivity contribution in [2.75, 3.05) is 58.9 Å². The number of amides is 2. The molecule has 2 atom stereocenters. The van der Waals surface area contributed by atoms with E-state index < -0.39 is 0 Å². The number of piperazine rings is 1. The molecular formula is C19H38Cl2N4O2. The van der Waals surface area contributed by atoms with Gasteiger partial charge in [-0.3, -0.25) is 14.5 Å². The molecule has 2 aliphatic heterocycles. The maximum absolute atomic E-state index is 12.6. The van der Waals surface area contributed by atoms with Gasteiger partial charge in [-0.1, -0.05) is 20.8 Å². The summed E-state index contributed by atoms with van der Waals surface area (Å²) in [4.78, 5) is 31.0. The van der Waals surface area contributed by atoms with Gasteiger partial charge in [-0.05, 0) is 50.9 Å². The van der Waals surface area contributed by atoms with Crippen LogP contribution in [-0.2, 0) is 9.59 Å². The van der Waals surface area contributed by atoms with Crippen molar-refractivity contribution in [3.8, 4) is 0 Å². The summed E-state index contributed by atoms with van der Waals surface area (Å²) >= 11 is 0. The molecule has 0 aromatic rings. The smallest absolute Gasteiger partial charge is 0.236 e. The Hall–Kier alpha value is -0.560. The third-order valence-corrected chi connectivity index (χ3v) is 5.87. The molecule has 0 aromatic carbocycles. The monoisotopic (exact) mass is 424 g/mol. The first-order valence-electron chi connectivity index (χ1n) is 10.0. The lowest BCUT2D eigenvalue weighted by Gasteiger charge is -2.37. The fourth-order valence-corrected chi connectivity index (χ4v) is 3.88. The third-order valence-electron chi connectivity index (χ3n) is 5.87. The Morgan fingerprint density at radius 3 is 2.07 bits per heavy atom. The van der Waals surface area contributed by atoms with Crippen molar-refractivity contribution < 1.29 is 9.59 Å². The zero-order valence-electron chi connectivity index (χ0n) is 17.1. The number of halogens is 2. The van der Waals surface area contributed by atoms with Gasteiger partial charge in [0, 0.05) is 32.6 Å². The maximum atomic E-state index is 12.6. The van der Waals surface area contributed by atoms with Crippen LogP contribution in [0.25, 0.3) is 0 Å². The van der Waals surface area contributed by atoms with Gasteiger partial charge in [0.2, 0.25) is 11.8 Å². The van der Waals surface area contributed by atoms with Crippen molar-refractivity contribution in [1.29, 1.82) is 0 Å². The number of hydrogen-bond acceptors (Lipinski definition) is 4. The molecule has 2 aliphatic rings. The lowest BCUT2D eigenvalue weighted by Crippen LogP contribution is -2.53. The quantitative estimate of drug-likeness (QED) is 0.677. The van der Waals surface area contributed by atoms with Crippen molar-refractivity contribution in [3.05, 3.63) is 0 Å². The molecule has 2 saturated heterocycles. The molecule has 2 rings (SSSR count). The van der Waals surface area contributed by atoms with E-state index >= 15 is 0 Å². The van der Waals surface area contributed by atoms with E-state index in [0.717, 1.165) is 26.2 Å². The lowest BCUT2D eigenvalue weighted by molar-refractivity contribution is -0.140. The maximum Gasteiger partial charge on any atom is 0.236 e. The van der Waals surface area contributed by atoms with Crippen LogP contribution >= 0.6 is 24.8 Å². The molecule has 6 nitrogen and oxygen atoms in total. The highest BCUT2D eigenvalue weighted by Gasteiger charge is 2.28.